The first kappa shape index (κ1) is 12.8. The first-order valence-electron chi connectivity index (χ1n) is 6.76. The summed E-state index contributed by atoms with van der Waals surface area (Å²) in [7, 11) is 1.72. The van der Waals surface area contributed by atoms with Gasteiger partial charge in [-0.05, 0) is 18.6 Å². The Morgan fingerprint density at radius 2 is 1.95 bits per heavy atom. The van der Waals surface area contributed by atoms with E-state index in [0.29, 0.717) is 0 Å². The number of aryl methyl sites for hydroxylation is 1. The summed E-state index contributed by atoms with van der Waals surface area (Å²) in [5.41, 5.74) is 2.98. The van der Waals surface area contributed by atoms with E-state index in [4.69, 9.17) is 9.72 Å². The largest absolute Gasteiger partial charge is 0.385 e. The molecule has 2 heterocycles. The smallest absolute Gasteiger partial charge is 0.160 e. The van der Waals surface area contributed by atoms with Crippen molar-refractivity contribution in [2.75, 3.05) is 13.7 Å². The lowest BCUT2D eigenvalue weighted by Crippen LogP contribution is -2.04. The molecule has 4 heteroatoms. The van der Waals surface area contributed by atoms with Crippen LogP contribution in [0.3, 0.4) is 0 Å². The molecule has 2 aromatic heterocycles. The van der Waals surface area contributed by atoms with E-state index in [1.807, 2.05) is 36.5 Å². The fourth-order valence-electron chi connectivity index (χ4n) is 2.34. The van der Waals surface area contributed by atoms with Gasteiger partial charge in [-0.2, -0.15) is 0 Å². The lowest BCUT2D eigenvalue weighted by Gasteiger charge is -2.08. The van der Waals surface area contributed by atoms with Crippen molar-refractivity contribution in [3.63, 3.8) is 0 Å². The van der Waals surface area contributed by atoms with E-state index in [1.54, 1.807) is 7.11 Å². The molecule has 20 heavy (non-hydrogen) atoms. The summed E-state index contributed by atoms with van der Waals surface area (Å²) >= 11 is 0. The third kappa shape index (κ3) is 2.42. The SMILES string of the molecule is COCCCn1c(-c2ccccc2)nc2cccnc21. The second-order valence-electron chi connectivity index (χ2n) is 4.65. The Bertz CT molecular complexity index is 691. The topological polar surface area (TPSA) is 39.9 Å². The van der Waals surface area contributed by atoms with Crippen molar-refractivity contribution in [1.82, 2.24) is 14.5 Å². The number of imidazole rings is 1. The Balaban J connectivity index is 2.08. The lowest BCUT2D eigenvalue weighted by atomic mass is 10.2. The number of ether oxygens (including phenoxy) is 1. The van der Waals surface area contributed by atoms with E-state index in [1.165, 1.54) is 0 Å². The van der Waals surface area contributed by atoms with Gasteiger partial charge in [0.1, 0.15) is 11.3 Å². The normalized spacial score (nSPS) is 11.1. The summed E-state index contributed by atoms with van der Waals surface area (Å²) in [4.78, 5) is 9.19. The lowest BCUT2D eigenvalue weighted by molar-refractivity contribution is 0.191. The van der Waals surface area contributed by atoms with Crippen LogP contribution in [0.2, 0.25) is 0 Å². The van der Waals surface area contributed by atoms with E-state index >= 15 is 0 Å². The summed E-state index contributed by atoms with van der Waals surface area (Å²) < 4.78 is 7.31. The quantitative estimate of drug-likeness (QED) is 0.667. The van der Waals surface area contributed by atoms with Gasteiger partial charge in [-0.3, -0.25) is 0 Å². The van der Waals surface area contributed by atoms with Gasteiger partial charge in [-0.15, -0.1) is 0 Å². The average molecular weight is 267 g/mol. The summed E-state index contributed by atoms with van der Waals surface area (Å²) in [5, 5.41) is 0. The van der Waals surface area contributed by atoms with Crippen molar-refractivity contribution < 1.29 is 4.74 Å². The first-order chi connectivity index (χ1) is 9.90. The van der Waals surface area contributed by atoms with Crippen LogP contribution in [0, 0.1) is 0 Å². The van der Waals surface area contributed by atoms with Gasteiger partial charge in [-0.25, -0.2) is 9.97 Å². The number of methoxy groups -OCH3 is 1. The molecule has 0 atom stereocenters. The molecule has 0 radical (unpaired) electrons. The molecule has 3 aromatic rings. The minimum atomic E-state index is 0.737. The Labute approximate surface area is 118 Å². The first-order valence-corrected chi connectivity index (χ1v) is 6.76. The van der Waals surface area contributed by atoms with Gasteiger partial charge < -0.3 is 9.30 Å². The van der Waals surface area contributed by atoms with Gasteiger partial charge in [0, 0.05) is 32.0 Å². The van der Waals surface area contributed by atoms with Crippen LogP contribution in [0.5, 0.6) is 0 Å². The molecule has 0 saturated carbocycles. The Hall–Kier alpha value is -2.20. The van der Waals surface area contributed by atoms with Gasteiger partial charge >= 0.3 is 0 Å². The van der Waals surface area contributed by atoms with Crippen molar-refractivity contribution in [1.29, 1.82) is 0 Å². The van der Waals surface area contributed by atoms with Crippen LogP contribution in [0.25, 0.3) is 22.6 Å². The fraction of sp³-hybridized carbons (Fsp3) is 0.250. The Morgan fingerprint density at radius 3 is 2.75 bits per heavy atom. The van der Waals surface area contributed by atoms with Crippen LogP contribution in [-0.4, -0.2) is 28.3 Å². The Morgan fingerprint density at radius 1 is 1.10 bits per heavy atom. The van der Waals surface area contributed by atoms with Gasteiger partial charge in [-0.1, -0.05) is 30.3 Å². The highest BCUT2D eigenvalue weighted by molar-refractivity contribution is 5.76. The average Bonchev–Trinajstić information content (AvgIpc) is 2.87. The van der Waals surface area contributed by atoms with Crippen LogP contribution in [-0.2, 0) is 11.3 Å². The summed E-state index contributed by atoms with van der Waals surface area (Å²) in [5.74, 6) is 0.968. The molecule has 0 saturated heterocycles. The number of hydrogen-bond acceptors (Lipinski definition) is 3. The number of nitrogens with zero attached hydrogens (tertiary/aromatic N) is 3. The maximum Gasteiger partial charge on any atom is 0.160 e. The highest BCUT2D eigenvalue weighted by atomic mass is 16.5. The standard InChI is InChI=1S/C16H17N3O/c1-20-12-6-11-19-15(13-7-3-2-4-8-13)18-14-9-5-10-17-16(14)19/h2-5,7-10H,6,11-12H2,1H3. The zero-order valence-electron chi connectivity index (χ0n) is 11.5. The van der Waals surface area contributed by atoms with E-state index in [0.717, 1.165) is 42.1 Å². The number of hydrogen-bond donors (Lipinski definition) is 0. The minimum absolute atomic E-state index is 0.737. The van der Waals surface area contributed by atoms with Crippen molar-refractivity contribution in [3.8, 4) is 11.4 Å². The van der Waals surface area contributed by atoms with E-state index in [2.05, 4.69) is 21.7 Å². The van der Waals surface area contributed by atoms with Gasteiger partial charge in [0.15, 0.2) is 5.65 Å². The molecule has 4 nitrogen and oxygen atoms in total. The summed E-state index contributed by atoms with van der Waals surface area (Å²) in [6.45, 7) is 1.59. The zero-order chi connectivity index (χ0) is 13.8. The van der Waals surface area contributed by atoms with Crippen LogP contribution >= 0.6 is 0 Å². The van der Waals surface area contributed by atoms with Crippen LogP contribution in [0.15, 0.2) is 48.7 Å². The molecule has 0 bridgehead atoms. The molecule has 1 aromatic carbocycles. The van der Waals surface area contributed by atoms with E-state index < -0.39 is 0 Å². The van der Waals surface area contributed by atoms with Crippen LogP contribution in [0.4, 0.5) is 0 Å². The van der Waals surface area contributed by atoms with E-state index in [9.17, 15) is 0 Å². The van der Waals surface area contributed by atoms with Crippen molar-refractivity contribution in [2.45, 2.75) is 13.0 Å². The number of benzene rings is 1. The highest BCUT2D eigenvalue weighted by Crippen LogP contribution is 2.23. The molecule has 0 aliphatic carbocycles. The molecule has 0 amide bonds. The molecular formula is C16H17N3O. The molecule has 0 N–H and O–H groups in total. The monoisotopic (exact) mass is 267 g/mol. The molecule has 0 aliphatic heterocycles. The Kier molecular flexibility index (Phi) is 3.74. The van der Waals surface area contributed by atoms with Gasteiger partial charge in [0.2, 0.25) is 0 Å². The summed E-state index contributed by atoms with van der Waals surface area (Å²) in [6, 6.07) is 14.1. The predicted octanol–water partition coefficient (Wildman–Crippen LogP) is 3.13. The van der Waals surface area contributed by atoms with Gasteiger partial charge in [0.05, 0.1) is 0 Å². The molecule has 102 valence electrons. The van der Waals surface area contributed by atoms with Crippen molar-refractivity contribution in [3.05, 3.63) is 48.7 Å². The molecule has 0 fully saturated rings. The third-order valence-corrected chi connectivity index (χ3v) is 3.27. The molecule has 0 unspecified atom stereocenters. The molecule has 0 spiro atoms. The second-order valence-corrected chi connectivity index (χ2v) is 4.65. The zero-order valence-corrected chi connectivity index (χ0v) is 11.5. The van der Waals surface area contributed by atoms with Crippen molar-refractivity contribution in [2.24, 2.45) is 0 Å². The summed E-state index contributed by atoms with van der Waals surface area (Å²) in [6.07, 6.45) is 2.75. The molecular weight excluding hydrogens is 250 g/mol. The van der Waals surface area contributed by atoms with Crippen LogP contribution < -0.4 is 0 Å². The fourth-order valence-corrected chi connectivity index (χ4v) is 2.34. The van der Waals surface area contributed by atoms with Crippen LogP contribution in [0.1, 0.15) is 6.42 Å². The number of fused-ring (bicyclic) bond motifs is 1. The number of aromatic nitrogens is 3. The predicted molar refractivity (Wildman–Crippen MR) is 79.5 cm³/mol. The number of rotatable bonds is 5. The maximum absolute atomic E-state index is 5.14. The minimum Gasteiger partial charge on any atom is -0.385 e. The third-order valence-electron chi connectivity index (χ3n) is 3.27. The molecule has 3 rings (SSSR count). The van der Waals surface area contributed by atoms with E-state index in [-0.39, 0.29) is 0 Å². The molecule has 0 aliphatic rings. The van der Waals surface area contributed by atoms with Gasteiger partial charge in [0.25, 0.3) is 0 Å². The second kappa shape index (κ2) is 5.84. The maximum atomic E-state index is 5.14. The number of pyridine rings is 1. The highest BCUT2D eigenvalue weighted by Gasteiger charge is 2.12. The van der Waals surface area contributed by atoms with Crippen molar-refractivity contribution >= 4 is 11.2 Å².